The number of aromatic nitrogens is 1. The van der Waals surface area contributed by atoms with E-state index >= 15 is 0 Å². The molecule has 5 rings (SSSR count). The van der Waals surface area contributed by atoms with Crippen molar-refractivity contribution in [3.05, 3.63) is 101 Å². The fourth-order valence-electron chi connectivity index (χ4n) is 4.10. The normalized spacial score (nSPS) is 11.9. The molecule has 3 N–H and O–H groups in total. The molecular weight excluding hydrogens is 460 g/mol. The number of ether oxygens (including phenoxy) is 1. The number of carboxylic acid groups (broad SMARTS) is 1. The van der Waals surface area contributed by atoms with Crippen molar-refractivity contribution in [1.82, 2.24) is 10.3 Å². The zero-order valence-corrected chi connectivity index (χ0v) is 19.1. The summed E-state index contributed by atoms with van der Waals surface area (Å²) in [5, 5.41) is 14.3. The van der Waals surface area contributed by atoms with Crippen LogP contribution in [-0.2, 0) is 16.0 Å². The number of benzene rings is 3. The molecule has 8 heteroatoms. The van der Waals surface area contributed by atoms with Crippen molar-refractivity contribution < 1.29 is 23.8 Å². The molecular formula is C28H22N2O6. The third kappa shape index (κ3) is 4.83. The predicted octanol–water partition coefficient (Wildman–Crippen LogP) is 4.13. The van der Waals surface area contributed by atoms with E-state index in [1.54, 1.807) is 48.7 Å². The Morgan fingerprint density at radius 2 is 1.69 bits per heavy atom. The van der Waals surface area contributed by atoms with Crippen LogP contribution in [0.5, 0.6) is 5.75 Å². The number of rotatable bonds is 8. The minimum atomic E-state index is -1.13. The number of H-pyrrole nitrogens is 1. The number of carbonyl (C=O) groups excluding carboxylic acids is 1. The smallest absolute Gasteiger partial charge is 0.344 e. The van der Waals surface area contributed by atoms with E-state index in [4.69, 9.17) is 9.15 Å². The van der Waals surface area contributed by atoms with Gasteiger partial charge >= 0.3 is 11.6 Å². The molecule has 2 aromatic heterocycles. The van der Waals surface area contributed by atoms with Crippen molar-refractivity contribution in [2.24, 2.45) is 0 Å². The monoisotopic (exact) mass is 482 g/mol. The molecule has 8 nitrogen and oxygen atoms in total. The van der Waals surface area contributed by atoms with Gasteiger partial charge in [0.05, 0.1) is 5.39 Å². The highest BCUT2D eigenvalue weighted by Gasteiger charge is 2.22. The molecule has 0 fully saturated rings. The number of carbonyl (C=O) groups is 2. The highest BCUT2D eigenvalue weighted by atomic mass is 16.5. The van der Waals surface area contributed by atoms with E-state index in [0.717, 1.165) is 21.9 Å². The Hall–Kier alpha value is -4.85. The number of fused-ring (bicyclic) bond motifs is 2. The van der Waals surface area contributed by atoms with Crippen LogP contribution in [0, 0.1) is 0 Å². The standard InChI is InChI=1S/C28H22N2O6/c31-26(30-24(27(32)33)13-19-15-29-23-8-4-3-6-21(19)23)16-35-20-11-9-17(10-12-20)25-14-18-5-1-2-7-22(18)28(34)36-25/h1-12,14-15,24,29H,13,16H2,(H,30,31)(H,32,33). The molecule has 1 unspecified atom stereocenters. The van der Waals surface area contributed by atoms with Gasteiger partial charge in [-0.2, -0.15) is 0 Å². The van der Waals surface area contributed by atoms with Crippen LogP contribution in [0.15, 0.2) is 94.3 Å². The van der Waals surface area contributed by atoms with Crippen molar-refractivity contribution in [3.8, 4) is 17.1 Å². The molecule has 0 aliphatic heterocycles. The summed E-state index contributed by atoms with van der Waals surface area (Å²) in [4.78, 5) is 39.5. The van der Waals surface area contributed by atoms with Crippen molar-refractivity contribution in [3.63, 3.8) is 0 Å². The van der Waals surface area contributed by atoms with Gasteiger partial charge in [-0.25, -0.2) is 9.59 Å². The summed E-state index contributed by atoms with van der Waals surface area (Å²) in [7, 11) is 0. The second-order valence-corrected chi connectivity index (χ2v) is 8.32. The van der Waals surface area contributed by atoms with E-state index in [0.29, 0.717) is 22.5 Å². The van der Waals surface area contributed by atoms with Crippen molar-refractivity contribution in [1.29, 1.82) is 0 Å². The van der Waals surface area contributed by atoms with Crippen LogP contribution in [0.4, 0.5) is 0 Å². The molecule has 3 aromatic carbocycles. The van der Waals surface area contributed by atoms with Crippen molar-refractivity contribution in [2.75, 3.05) is 6.61 Å². The number of amides is 1. The van der Waals surface area contributed by atoms with Gasteiger partial charge < -0.3 is 24.6 Å². The van der Waals surface area contributed by atoms with Gasteiger partial charge in [0.1, 0.15) is 17.6 Å². The van der Waals surface area contributed by atoms with Gasteiger partial charge in [-0.1, -0.05) is 36.4 Å². The number of hydrogen-bond donors (Lipinski definition) is 3. The van der Waals surface area contributed by atoms with Crippen LogP contribution in [0.1, 0.15) is 5.56 Å². The fraction of sp³-hybridized carbons (Fsp3) is 0.107. The maximum Gasteiger partial charge on any atom is 0.344 e. The van der Waals surface area contributed by atoms with Gasteiger partial charge in [0.2, 0.25) is 0 Å². The molecule has 0 bridgehead atoms. The van der Waals surface area contributed by atoms with E-state index in [-0.39, 0.29) is 13.0 Å². The Bertz CT molecular complexity index is 1620. The molecule has 0 saturated heterocycles. The van der Waals surface area contributed by atoms with Crippen LogP contribution in [0.2, 0.25) is 0 Å². The predicted molar refractivity (Wildman–Crippen MR) is 135 cm³/mol. The lowest BCUT2D eigenvalue weighted by molar-refractivity contribution is -0.142. The minimum Gasteiger partial charge on any atom is -0.484 e. The Morgan fingerprint density at radius 1 is 0.972 bits per heavy atom. The average molecular weight is 482 g/mol. The Kier molecular flexibility index (Phi) is 6.23. The quantitative estimate of drug-likeness (QED) is 0.306. The molecule has 2 heterocycles. The Labute approximate surface area is 205 Å². The Balaban J connectivity index is 1.22. The van der Waals surface area contributed by atoms with E-state index < -0.39 is 23.5 Å². The number of carboxylic acids is 1. The third-order valence-electron chi connectivity index (χ3n) is 5.91. The van der Waals surface area contributed by atoms with Gasteiger partial charge in [-0.15, -0.1) is 0 Å². The molecule has 0 aliphatic carbocycles. The second kappa shape index (κ2) is 9.79. The number of aromatic amines is 1. The summed E-state index contributed by atoms with van der Waals surface area (Å²) in [6.07, 6.45) is 1.89. The highest BCUT2D eigenvalue weighted by molar-refractivity contribution is 5.87. The molecule has 5 aromatic rings. The first-order chi connectivity index (χ1) is 17.5. The molecule has 0 saturated carbocycles. The van der Waals surface area contributed by atoms with Gasteiger partial charge in [0.15, 0.2) is 6.61 Å². The summed E-state index contributed by atoms with van der Waals surface area (Å²) in [5.41, 5.74) is 1.97. The molecule has 1 amide bonds. The first-order valence-corrected chi connectivity index (χ1v) is 11.3. The SMILES string of the molecule is O=C(COc1ccc(-c2cc3ccccc3c(=O)o2)cc1)NC(Cc1c[nH]c2ccccc12)C(=O)O. The highest BCUT2D eigenvalue weighted by Crippen LogP contribution is 2.24. The van der Waals surface area contributed by atoms with Crippen LogP contribution in [0.25, 0.3) is 33.0 Å². The zero-order valence-electron chi connectivity index (χ0n) is 19.1. The first-order valence-electron chi connectivity index (χ1n) is 11.3. The second-order valence-electron chi connectivity index (χ2n) is 8.32. The molecule has 0 spiro atoms. The largest absolute Gasteiger partial charge is 0.484 e. The molecule has 0 aliphatic rings. The van der Waals surface area contributed by atoms with Gasteiger partial charge in [0.25, 0.3) is 5.91 Å². The van der Waals surface area contributed by atoms with Gasteiger partial charge in [-0.05, 0) is 53.4 Å². The number of aliphatic carboxylic acids is 1. The lowest BCUT2D eigenvalue weighted by atomic mass is 10.1. The summed E-state index contributed by atoms with van der Waals surface area (Å²) >= 11 is 0. The number of para-hydroxylation sites is 1. The van der Waals surface area contributed by atoms with Crippen LogP contribution in [0.3, 0.4) is 0 Å². The molecule has 180 valence electrons. The first kappa shape index (κ1) is 22.9. The maximum atomic E-state index is 12.4. The summed E-state index contributed by atoms with van der Waals surface area (Å²) in [6.45, 7) is -0.345. The van der Waals surface area contributed by atoms with Crippen LogP contribution < -0.4 is 15.7 Å². The molecule has 0 radical (unpaired) electrons. The number of hydrogen-bond acceptors (Lipinski definition) is 5. The zero-order chi connectivity index (χ0) is 25.1. The van der Waals surface area contributed by atoms with E-state index in [2.05, 4.69) is 10.3 Å². The lowest BCUT2D eigenvalue weighted by Gasteiger charge is -2.15. The minimum absolute atomic E-state index is 0.136. The fourth-order valence-corrected chi connectivity index (χ4v) is 4.10. The topological polar surface area (TPSA) is 122 Å². The van der Waals surface area contributed by atoms with Gasteiger partial charge in [0, 0.05) is 29.1 Å². The van der Waals surface area contributed by atoms with Gasteiger partial charge in [-0.3, -0.25) is 4.79 Å². The summed E-state index contributed by atoms with van der Waals surface area (Å²) in [6, 6.07) is 22.2. The number of nitrogens with one attached hydrogen (secondary N) is 2. The molecule has 36 heavy (non-hydrogen) atoms. The van der Waals surface area contributed by atoms with E-state index in [1.165, 1.54) is 0 Å². The van der Waals surface area contributed by atoms with E-state index in [1.807, 2.05) is 36.4 Å². The maximum absolute atomic E-state index is 12.4. The van der Waals surface area contributed by atoms with Crippen LogP contribution in [-0.4, -0.2) is 34.6 Å². The van der Waals surface area contributed by atoms with Crippen molar-refractivity contribution in [2.45, 2.75) is 12.5 Å². The Morgan fingerprint density at radius 3 is 2.47 bits per heavy atom. The lowest BCUT2D eigenvalue weighted by Crippen LogP contribution is -2.44. The molecule has 1 atom stereocenters. The third-order valence-corrected chi connectivity index (χ3v) is 5.91. The van der Waals surface area contributed by atoms with E-state index in [9.17, 15) is 19.5 Å². The summed E-state index contributed by atoms with van der Waals surface area (Å²) in [5.74, 6) is -0.841. The average Bonchev–Trinajstić information content (AvgIpc) is 3.30. The van der Waals surface area contributed by atoms with Crippen LogP contribution >= 0.6 is 0 Å². The summed E-state index contributed by atoms with van der Waals surface area (Å²) < 4.78 is 11.0. The van der Waals surface area contributed by atoms with Crippen molar-refractivity contribution >= 4 is 33.6 Å².